The molecule has 2 aromatic rings. The Morgan fingerprint density at radius 3 is 2.27 bits per heavy atom. The van der Waals surface area contributed by atoms with Crippen LogP contribution in [0.25, 0.3) is 11.1 Å². The molecule has 2 rings (SSSR count). The van der Waals surface area contributed by atoms with Gasteiger partial charge in [-0.05, 0) is 0 Å². The Hall–Kier alpha value is -1.85. The van der Waals surface area contributed by atoms with Crippen LogP contribution in [0.4, 0.5) is 0 Å². The van der Waals surface area contributed by atoms with Gasteiger partial charge in [-0.2, -0.15) is 0 Å². The molecule has 0 aliphatic carbocycles. The number of hydroxylamine groups is 1. The molecular weight excluding hydrogens is 349 g/mol. The van der Waals surface area contributed by atoms with E-state index in [0.29, 0.717) is 5.56 Å². The van der Waals surface area contributed by atoms with Gasteiger partial charge in [0.1, 0.15) is 0 Å². The van der Waals surface area contributed by atoms with Crippen LogP contribution in [0.3, 0.4) is 0 Å². The number of nitrogens with one attached hydrogen (secondary N) is 1. The van der Waals surface area contributed by atoms with E-state index in [1.54, 1.807) is 24.3 Å². The van der Waals surface area contributed by atoms with Gasteiger partial charge >= 0.3 is 130 Å². The van der Waals surface area contributed by atoms with Crippen LogP contribution in [0.2, 0.25) is 0 Å². The maximum atomic E-state index is 12.7. The first-order chi connectivity index (χ1) is 10.5. The van der Waals surface area contributed by atoms with Crippen LogP contribution in [0.15, 0.2) is 48.5 Å². The van der Waals surface area contributed by atoms with Crippen molar-refractivity contribution in [2.24, 2.45) is 0 Å². The molecule has 0 fully saturated rings. The van der Waals surface area contributed by atoms with Crippen molar-refractivity contribution in [3.05, 3.63) is 54.1 Å². The number of carbonyl (C=O) groups excluding carboxylic acids is 1. The van der Waals surface area contributed by atoms with Crippen LogP contribution in [0, 0.1) is 6.92 Å². The van der Waals surface area contributed by atoms with E-state index in [0.717, 1.165) is 11.1 Å². The first kappa shape index (κ1) is 16.5. The molecule has 1 unspecified atom stereocenters. The molecule has 0 saturated heterocycles. The molecule has 1 atom stereocenters. The predicted molar refractivity (Wildman–Crippen MR) is 81.3 cm³/mol. The van der Waals surface area contributed by atoms with Crippen molar-refractivity contribution < 1.29 is 21.5 Å². The standard InChI is InChI=1S/C15H16AsNO5/c1-11-7-3-4-8-13(11)14-9-5-6-10-15(14)16(19,22-20)21-17-12(2)18/h3-10,20H,1-2H3,(H,17,18). The molecule has 2 N–H and O–H groups in total. The van der Waals surface area contributed by atoms with Crippen molar-refractivity contribution in [3.8, 4) is 11.1 Å². The number of hydrogen-bond acceptors (Lipinski definition) is 5. The number of hydrogen-bond donors (Lipinski definition) is 2. The number of aryl methyl sites for hydroxylation is 1. The molecule has 116 valence electrons. The van der Waals surface area contributed by atoms with E-state index < -0.39 is 20.1 Å². The van der Waals surface area contributed by atoms with Gasteiger partial charge in [0.05, 0.1) is 0 Å². The Kier molecular flexibility index (Phi) is 5.21. The summed E-state index contributed by atoms with van der Waals surface area (Å²) in [4.78, 5) is 11.0. The second kappa shape index (κ2) is 6.94. The Morgan fingerprint density at radius 1 is 1.09 bits per heavy atom. The fraction of sp³-hybridized carbons (Fsp3) is 0.133. The van der Waals surface area contributed by atoms with E-state index in [4.69, 9.17) is 9.08 Å². The Morgan fingerprint density at radius 2 is 1.68 bits per heavy atom. The number of carbonyl (C=O) groups is 1. The molecule has 0 spiro atoms. The van der Waals surface area contributed by atoms with Crippen LogP contribution in [-0.4, -0.2) is 25.3 Å². The summed E-state index contributed by atoms with van der Waals surface area (Å²) in [6, 6.07) is 14.3. The molecule has 0 heterocycles. The maximum absolute atomic E-state index is 12.7. The Bertz CT molecular complexity index is 731. The molecule has 1 amide bonds. The quantitative estimate of drug-likeness (QED) is 0.480. The van der Waals surface area contributed by atoms with E-state index in [2.05, 4.69) is 3.88 Å². The van der Waals surface area contributed by atoms with Crippen molar-refractivity contribution >= 4 is 24.4 Å². The van der Waals surface area contributed by atoms with E-state index in [1.807, 2.05) is 36.7 Å². The number of amides is 1. The molecule has 22 heavy (non-hydrogen) atoms. The summed E-state index contributed by atoms with van der Waals surface area (Å²) in [7, 11) is 0. The van der Waals surface area contributed by atoms with E-state index in [1.165, 1.54) is 6.92 Å². The zero-order chi connectivity index (χ0) is 16.2. The van der Waals surface area contributed by atoms with Gasteiger partial charge in [0.2, 0.25) is 0 Å². The molecular formula is C15H16AsNO5. The van der Waals surface area contributed by atoms with Gasteiger partial charge in [-0.15, -0.1) is 0 Å². The van der Waals surface area contributed by atoms with Crippen molar-refractivity contribution in [1.29, 1.82) is 0 Å². The molecule has 0 saturated carbocycles. The van der Waals surface area contributed by atoms with Gasteiger partial charge < -0.3 is 0 Å². The summed E-state index contributed by atoms with van der Waals surface area (Å²) >= 11 is -4.83. The summed E-state index contributed by atoms with van der Waals surface area (Å²) in [5.41, 5.74) is 4.39. The van der Waals surface area contributed by atoms with E-state index in [-0.39, 0.29) is 4.35 Å². The summed E-state index contributed by atoms with van der Waals surface area (Å²) in [5.74, 6) is -0.549. The summed E-state index contributed by atoms with van der Waals surface area (Å²) in [5, 5.41) is 9.08. The van der Waals surface area contributed by atoms with Crippen LogP contribution in [0.1, 0.15) is 12.5 Å². The van der Waals surface area contributed by atoms with E-state index in [9.17, 15) is 8.53 Å². The Balaban J connectivity index is 2.54. The van der Waals surface area contributed by atoms with Gasteiger partial charge in [-0.1, -0.05) is 0 Å². The van der Waals surface area contributed by atoms with Crippen LogP contribution in [-0.2, 0) is 16.2 Å². The summed E-state index contributed by atoms with van der Waals surface area (Å²) < 4.78 is 22.0. The normalized spacial score (nSPS) is 13.4. The van der Waals surface area contributed by atoms with Gasteiger partial charge in [0.25, 0.3) is 0 Å². The van der Waals surface area contributed by atoms with Crippen molar-refractivity contribution in [2.75, 3.05) is 0 Å². The fourth-order valence-corrected chi connectivity index (χ4v) is 4.62. The molecule has 6 nitrogen and oxygen atoms in total. The molecule has 0 aromatic heterocycles. The molecule has 0 radical (unpaired) electrons. The average Bonchev–Trinajstić information content (AvgIpc) is 2.53. The van der Waals surface area contributed by atoms with Crippen molar-refractivity contribution in [1.82, 2.24) is 5.48 Å². The van der Waals surface area contributed by atoms with E-state index >= 15 is 0 Å². The predicted octanol–water partition coefficient (Wildman–Crippen LogP) is 1.80. The average molecular weight is 365 g/mol. The van der Waals surface area contributed by atoms with Crippen molar-refractivity contribution in [2.45, 2.75) is 13.8 Å². The van der Waals surface area contributed by atoms with Gasteiger partial charge in [0.15, 0.2) is 0 Å². The van der Waals surface area contributed by atoms with Crippen LogP contribution >= 0.6 is 0 Å². The van der Waals surface area contributed by atoms with Crippen molar-refractivity contribution in [3.63, 3.8) is 0 Å². The molecule has 7 heteroatoms. The second-order valence-electron chi connectivity index (χ2n) is 4.66. The molecule has 0 aliphatic rings. The molecule has 0 bridgehead atoms. The minimum absolute atomic E-state index is 0.214. The van der Waals surface area contributed by atoms with Crippen LogP contribution < -0.4 is 9.83 Å². The third-order valence-electron chi connectivity index (χ3n) is 3.05. The van der Waals surface area contributed by atoms with Gasteiger partial charge in [0, 0.05) is 0 Å². The van der Waals surface area contributed by atoms with Gasteiger partial charge in [-0.3, -0.25) is 0 Å². The first-order valence-corrected chi connectivity index (χ1v) is 9.75. The third kappa shape index (κ3) is 3.48. The van der Waals surface area contributed by atoms with Gasteiger partial charge in [-0.25, -0.2) is 0 Å². The fourth-order valence-electron chi connectivity index (χ4n) is 2.05. The summed E-state index contributed by atoms with van der Waals surface area (Å²) in [6.45, 7) is 3.11. The van der Waals surface area contributed by atoms with Crippen LogP contribution in [0.5, 0.6) is 0 Å². The topological polar surface area (TPSA) is 84.9 Å². The Labute approximate surface area is 130 Å². The second-order valence-corrected chi connectivity index (χ2v) is 8.48. The minimum atomic E-state index is -4.83. The zero-order valence-corrected chi connectivity index (χ0v) is 14.0. The zero-order valence-electron chi connectivity index (χ0n) is 12.1. The first-order valence-electron chi connectivity index (χ1n) is 6.52. The monoisotopic (exact) mass is 365 g/mol. The molecule has 0 aliphatic heterocycles. The summed E-state index contributed by atoms with van der Waals surface area (Å²) in [6.07, 6.45) is 0. The molecule has 2 aromatic carbocycles. The SMILES string of the molecule is CC(=O)NO[As](=O)(OO)c1ccccc1-c1ccccc1C. The number of benzene rings is 2. The third-order valence-corrected chi connectivity index (χ3v) is 6.25. The number of rotatable bonds is 5.